The van der Waals surface area contributed by atoms with Gasteiger partial charge in [-0.25, -0.2) is 0 Å². The van der Waals surface area contributed by atoms with Crippen LogP contribution in [-0.2, 0) is 16.1 Å². The zero-order valence-corrected chi connectivity index (χ0v) is 10.8. The third-order valence-corrected chi connectivity index (χ3v) is 3.31. The van der Waals surface area contributed by atoms with Crippen LogP contribution in [0.2, 0.25) is 0 Å². The van der Waals surface area contributed by atoms with Gasteiger partial charge in [0.05, 0.1) is 6.61 Å². The summed E-state index contributed by atoms with van der Waals surface area (Å²) in [6.45, 7) is 4.43. The summed E-state index contributed by atoms with van der Waals surface area (Å²) in [5.74, 6) is -0.277. The van der Waals surface area contributed by atoms with Crippen molar-refractivity contribution in [1.82, 2.24) is 4.90 Å². The van der Waals surface area contributed by atoms with E-state index < -0.39 is 5.54 Å². The molecule has 4 heteroatoms. The van der Waals surface area contributed by atoms with Gasteiger partial charge in [0, 0.05) is 19.6 Å². The maximum absolute atomic E-state index is 11.8. The zero-order chi connectivity index (χ0) is 13.0. The number of rotatable bonds is 4. The first kappa shape index (κ1) is 13.1. The van der Waals surface area contributed by atoms with E-state index in [0.29, 0.717) is 19.6 Å². The van der Waals surface area contributed by atoms with Gasteiger partial charge in [0.1, 0.15) is 5.54 Å². The highest BCUT2D eigenvalue weighted by atomic mass is 16.5. The molecule has 1 aromatic carbocycles. The van der Waals surface area contributed by atoms with Crippen LogP contribution in [0.25, 0.3) is 0 Å². The monoisotopic (exact) mass is 248 g/mol. The lowest BCUT2D eigenvalue weighted by Crippen LogP contribution is -2.51. The number of nitrogens with two attached hydrogens (primary N) is 1. The molecule has 0 saturated carbocycles. The van der Waals surface area contributed by atoms with Crippen molar-refractivity contribution < 1.29 is 9.53 Å². The maximum Gasteiger partial charge on any atom is 0.327 e. The zero-order valence-electron chi connectivity index (χ0n) is 10.8. The number of nitrogens with zero attached hydrogens (tertiary/aromatic N) is 1. The summed E-state index contributed by atoms with van der Waals surface area (Å²) in [5.41, 5.74) is 6.53. The van der Waals surface area contributed by atoms with Crippen molar-refractivity contribution in [1.29, 1.82) is 0 Å². The molecule has 2 N–H and O–H groups in total. The predicted octanol–water partition coefficient (Wildman–Crippen LogP) is 1.15. The standard InChI is InChI=1S/C14H20N2O2/c1-2-18-13(17)14(15)8-9-16(11-14)10-12-6-4-3-5-7-12/h3-7H,2,8-11,15H2,1H3/t14-/m0/s1. The number of carbonyl (C=O) groups excluding carboxylic acids is 1. The fraction of sp³-hybridized carbons (Fsp3) is 0.500. The molecule has 0 amide bonds. The molecule has 98 valence electrons. The van der Waals surface area contributed by atoms with Gasteiger partial charge in [-0.3, -0.25) is 9.69 Å². The molecule has 1 aromatic rings. The van der Waals surface area contributed by atoms with E-state index in [4.69, 9.17) is 10.5 Å². The Morgan fingerprint density at radius 1 is 1.44 bits per heavy atom. The summed E-state index contributed by atoms with van der Waals surface area (Å²) in [5, 5.41) is 0. The summed E-state index contributed by atoms with van der Waals surface area (Å²) in [7, 11) is 0. The second-order valence-electron chi connectivity index (χ2n) is 4.82. The van der Waals surface area contributed by atoms with Crippen LogP contribution in [0.5, 0.6) is 0 Å². The molecular weight excluding hydrogens is 228 g/mol. The maximum atomic E-state index is 11.8. The van der Waals surface area contributed by atoms with Crippen LogP contribution in [0.4, 0.5) is 0 Å². The highest BCUT2D eigenvalue weighted by Crippen LogP contribution is 2.22. The number of likely N-dealkylation sites (tertiary alicyclic amines) is 1. The minimum atomic E-state index is -0.829. The Balaban J connectivity index is 1.94. The fourth-order valence-corrected chi connectivity index (χ4v) is 2.33. The van der Waals surface area contributed by atoms with Crippen LogP contribution in [0, 0.1) is 0 Å². The molecule has 1 aliphatic rings. The Morgan fingerprint density at radius 2 is 2.17 bits per heavy atom. The highest BCUT2D eigenvalue weighted by molar-refractivity contribution is 5.81. The van der Waals surface area contributed by atoms with Gasteiger partial charge in [0.25, 0.3) is 0 Å². The van der Waals surface area contributed by atoms with Gasteiger partial charge in [-0.2, -0.15) is 0 Å². The van der Waals surface area contributed by atoms with E-state index in [1.54, 1.807) is 6.92 Å². The molecule has 18 heavy (non-hydrogen) atoms. The second kappa shape index (κ2) is 5.50. The lowest BCUT2D eigenvalue weighted by atomic mass is 10.0. The Bertz CT molecular complexity index is 408. The molecule has 0 aliphatic carbocycles. The molecule has 0 aromatic heterocycles. The Hall–Kier alpha value is -1.39. The molecule has 1 saturated heterocycles. The van der Waals surface area contributed by atoms with Crippen LogP contribution >= 0.6 is 0 Å². The number of esters is 1. The highest BCUT2D eigenvalue weighted by Gasteiger charge is 2.42. The number of ether oxygens (including phenoxy) is 1. The summed E-state index contributed by atoms with van der Waals surface area (Å²) >= 11 is 0. The van der Waals surface area contributed by atoms with Crippen molar-refractivity contribution in [3.63, 3.8) is 0 Å². The van der Waals surface area contributed by atoms with Gasteiger partial charge in [-0.05, 0) is 18.9 Å². The summed E-state index contributed by atoms with van der Waals surface area (Å²) in [4.78, 5) is 14.0. The topological polar surface area (TPSA) is 55.6 Å². The van der Waals surface area contributed by atoms with Crippen LogP contribution < -0.4 is 5.73 Å². The van der Waals surface area contributed by atoms with Gasteiger partial charge in [-0.1, -0.05) is 30.3 Å². The number of hydrogen-bond donors (Lipinski definition) is 1. The molecule has 1 fully saturated rings. The van der Waals surface area contributed by atoms with Crippen molar-refractivity contribution in [3.05, 3.63) is 35.9 Å². The van der Waals surface area contributed by atoms with Crippen molar-refractivity contribution >= 4 is 5.97 Å². The van der Waals surface area contributed by atoms with E-state index in [1.807, 2.05) is 18.2 Å². The lowest BCUT2D eigenvalue weighted by Gasteiger charge is -2.22. The van der Waals surface area contributed by atoms with Crippen LogP contribution in [0.3, 0.4) is 0 Å². The Morgan fingerprint density at radius 3 is 2.83 bits per heavy atom. The van der Waals surface area contributed by atoms with Crippen LogP contribution in [-0.4, -0.2) is 36.1 Å². The Labute approximate surface area is 108 Å². The molecule has 0 bridgehead atoms. The molecule has 1 aliphatic heterocycles. The molecule has 4 nitrogen and oxygen atoms in total. The first-order valence-electron chi connectivity index (χ1n) is 6.36. The van der Waals surface area contributed by atoms with Crippen molar-refractivity contribution in [2.24, 2.45) is 5.73 Å². The first-order chi connectivity index (χ1) is 8.64. The number of carbonyl (C=O) groups is 1. The van der Waals surface area contributed by atoms with E-state index in [9.17, 15) is 4.79 Å². The van der Waals surface area contributed by atoms with E-state index in [1.165, 1.54) is 5.56 Å². The molecule has 1 heterocycles. The third-order valence-electron chi connectivity index (χ3n) is 3.31. The van der Waals surface area contributed by atoms with Crippen LogP contribution in [0.15, 0.2) is 30.3 Å². The number of benzene rings is 1. The smallest absolute Gasteiger partial charge is 0.327 e. The third kappa shape index (κ3) is 2.89. The molecule has 0 spiro atoms. The van der Waals surface area contributed by atoms with E-state index in [0.717, 1.165) is 13.1 Å². The Kier molecular flexibility index (Phi) is 3.99. The summed E-state index contributed by atoms with van der Waals surface area (Å²) in [6, 6.07) is 10.2. The second-order valence-corrected chi connectivity index (χ2v) is 4.82. The quantitative estimate of drug-likeness (QED) is 0.812. The normalized spacial score (nSPS) is 24.1. The summed E-state index contributed by atoms with van der Waals surface area (Å²) < 4.78 is 5.04. The first-order valence-corrected chi connectivity index (χ1v) is 6.36. The fourth-order valence-electron chi connectivity index (χ4n) is 2.33. The molecular formula is C14H20N2O2. The van der Waals surface area contributed by atoms with E-state index in [-0.39, 0.29) is 5.97 Å². The predicted molar refractivity (Wildman–Crippen MR) is 69.9 cm³/mol. The SMILES string of the molecule is CCOC(=O)[C@]1(N)CCN(Cc2ccccc2)C1. The average molecular weight is 248 g/mol. The summed E-state index contributed by atoms with van der Waals surface area (Å²) in [6.07, 6.45) is 0.665. The molecule has 0 unspecified atom stereocenters. The van der Waals surface area contributed by atoms with E-state index >= 15 is 0 Å². The van der Waals surface area contributed by atoms with Gasteiger partial charge in [-0.15, -0.1) is 0 Å². The largest absolute Gasteiger partial charge is 0.465 e. The van der Waals surface area contributed by atoms with Crippen molar-refractivity contribution in [2.75, 3.05) is 19.7 Å². The number of hydrogen-bond acceptors (Lipinski definition) is 4. The average Bonchev–Trinajstić information content (AvgIpc) is 2.74. The van der Waals surface area contributed by atoms with Gasteiger partial charge >= 0.3 is 5.97 Å². The van der Waals surface area contributed by atoms with Gasteiger partial charge in [0.2, 0.25) is 0 Å². The van der Waals surface area contributed by atoms with Crippen molar-refractivity contribution in [3.8, 4) is 0 Å². The van der Waals surface area contributed by atoms with Crippen molar-refractivity contribution in [2.45, 2.75) is 25.4 Å². The molecule has 2 rings (SSSR count). The van der Waals surface area contributed by atoms with Gasteiger partial charge in [0.15, 0.2) is 0 Å². The van der Waals surface area contributed by atoms with Gasteiger partial charge < -0.3 is 10.5 Å². The van der Waals surface area contributed by atoms with Crippen LogP contribution in [0.1, 0.15) is 18.9 Å². The minimum absolute atomic E-state index is 0.277. The lowest BCUT2D eigenvalue weighted by molar-refractivity contribution is -0.149. The van der Waals surface area contributed by atoms with E-state index in [2.05, 4.69) is 17.0 Å². The molecule has 1 atom stereocenters. The minimum Gasteiger partial charge on any atom is -0.465 e. The molecule has 0 radical (unpaired) electrons.